The van der Waals surface area contributed by atoms with Gasteiger partial charge in [-0.15, -0.1) is 0 Å². The average Bonchev–Trinajstić information content (AvgIpc) is 3.22. The number of fused-ring (bicyclic) bond motifs is 1. The van der Waals surface area contributed by atoms with E-state index in [0.29, 0.717) is 5.92 Å². The Bertz CT molecular complexity index is 1070. The molecular weight excluding hydrogens is 420 g/mol. The number of ether oxygens (including phenoxy) is 1. The number of carbonyl (C=O) groups is 3. The summed E-state index contributed by atoms with van der Waals surface area (Å²) in [6, 6.07) is 9.38. The van der Waals surface area contributed by atoms with Crippen LogP contribution in [0.2, 0.25) is 0 Å². The normalized spacial score (nSPS) is 24.8. The van der Waals surface area contributed by atoms with Gasteiger partial charge in [0, 0.05) is 18.7 Å². The Morgan fingerprint density at radius 2 is 1.91 bits per heavy atom. The van der Waals surface area contributed by atoms with Crippen molar-refractivity contribution in [3.8, 4) is 0 Å². The van der Waals surface area contributed by atoms with Crippen molar-refractivity contribution in [2.75, 3.05) is 7.11 Å². The first-order valence-electron chi connectivity index (χ1n) is 11.6. The van der Waals surface area contributed by atoms with Gasteiger partial charge in [0.15, 0.2) is 5.69 Å². The van der Waals surface area contributed by atoms with Crippen molar-refractivity contribution >= 4 is 17.8 Å². The van der Waals surface area contributed by atoms with Gasteiger partial charge in [0.1, 0.15) is 11.2 Å². The standard InChI is InChI=1S/C25H32N4O4/c1-16-9-11-19(12-10-16)26-24(32)25(3)15-29-21(13-20(27-29)23(31)33-4)22(30)28(25)14-18-8-6-5-7-17(18)2/h5-8,13,16,19H,9-12,14-15H2,1-4H3,(H,26,32). The number of hydrogen-bond donors (Lipinski definition) is 1. The Morgan fingerprint density at radius 1 is 1.21 bits per heavy atom. The smallest absolute Gasteiger partial charge is 0.358 e. The number of nitrogens with zero attached hydrogens (tertiary/aromatic N) is 3. The van der Waals surface area contributed by atoms with Gasteiger partial charge >= 0.3 is 5.97 Å². The Morgan fingerprint density at radius 3 is 2.58 bits per heavy atom. The molecule has 1 aromatic heterocycles. The van der Waals surface area contributed by atoms with Gasteiger partial charge < -0.3 is 15.0 Å². The highest BCUT2D eigenvalue weighted by Crippen LogP contribution is 2.31. The number of amides is 2. The first kappa shape index (κ1) is 23.0. The zero-order chi connectivity index (χ0) is 23.8. The summed E-state index contributed by atoms with van der Waals surface area (Å²) in [7, 11) is 1.27. The van der Waals surface area contributed by atoms with Crippen molar-refractivity contribution in [1.82, 2.24) is 20.0 Å². The molecule has 1 unspecified atom stereocenters. The van der Waals surface area contributed by atoms with Gasteiger partial charge in [-0.05, 0) is 56.6 Å². The lowest BCUT2D eigenvalue weighted by Gasteiger charge is -2.44. The van der Waals surface area contributed by atoms with Crippen molar-refractivity contribution in [1.29, 1.82) is 0 Å². The summed E-state index contributed by atoms with van der Waals surface area (Å²) < 4.78 is 6.24. The maximum Gasteiger partial charge on any atom is 0.358 e. The molecule has 2 amide bonds. The van der Waals surface area contributed by atoms with Crippen LogP contribution in [0.4, 0.5) is 0 Å². The Hall–Kier alpha value is -3.16. The first-order valence-corrected chi connectivity index (χ1v) is 11.6. The molecule has 0 spiro atoms. The van der Waals surface area contributed by atoms with Crippen LogP contribution in [0.5, 0.6) is 0 Å². The summed E-state index contributed by atoms with van der Waals surface area (Å²) in [6.07, 6.45) is 4.04. The topological polar surface area (TPSA) is 93.5 Å². The summed E-state index contributed by atoms with van der Waals surface area (Å²) in [5.41, 5.74) is 1.19. The van der Waals surface area contributed by atoms with Gasteiger partial charge in [0.05, 0.1) is 13.7 Å². The minimum Gasteiger partial charge on any atom is -0.464 e. The van der Waals surface area contributed by atoms with E-state index < -0.39 is 11.5 Å². The monoisotopic (exact) mass is 452 g/mol. The number of methoxy groups -OCH3 is 1. The molecule has 0 radical (unpaired) electrons. The number of esters is 1. The largest absolute Gasteiger partial charge is 0.464 e. The van der Waals surface area contributed by atoms with Crippen LogP contribution in [0.15, 0.2) is 30.3 Å². The fraction of sp³-hybridized carbons (Fsp3) is 0.520. The van der Waals surface area contributed by atoms with E-state index in [1.165, 1.54) is 17.9 Å². The number of benzene rings is 1. The highest BCUT2D eigenvalue weighted by molar-refractivity contribution is 6.01. The van der Waals surface area contributed by atoms with Gasteiger partial charge in [-0.2, -0.15) is 5.10 Å². The second-order valence-electron chi connectivity index (χ2n) is 9.59. The number of aromatic nitrogens is 2. The fourth-order valence-corrected chi connectivity index (χ4v) is 4.80. The van der Waals surface area contributed by atoms with Gasteiger partial charge in [0.25, 0.3) is 5.91 Å². The predicted molar refractivity (Wildman–Crippen MR) is 123 cm³/mol. The predicted octanol–water partition coefficient (Wildman–Crippen LogP) is 3.09. The molecule has 2 aromatic rings. The zero-order valence-electron chi connectivity index (χ0n) is 19.8. The summed E-state index contributed by atoms with van der Waals surface area (Å²) >= 11 is 0. The third-order valence-electron chi connectivity index (χ3n) is 7.12. The molecule has 1 saturated carbocycles. The van der Waals surface area contributed by atoms with Crippen LogP contribution in [0.3, 0.4) is 0 Å². The highest BCUT2D eigenvalue weighted by Gasteiger charge is 2.48. The quantitative estimate of drug-likeness (QED) is 0.704. The molecule has 0 saturated heterocycles. The van der Waals surface area contributed by atoms with Crippen molar-refractivity contribution in [3.63, 3.8) is 0 Å². The summed E-state index contributed by atoms with van der Waals surface area (Å²) in [4.78, 5) is 41.0. The molecule has 2 heterocycles. The molecule has 1 aromatic carbocycles. The van der Waals surface area contributed by atoms with Gasteiger partial charge in [-0.25, -0.2) is 4.79 Å². The van der Waals surface area contributed by atoms with Gasteiger partial charge in [-0.1, -0.05) is 31.2 Å². The van der Waals surface area contributed by atoms with Crippen LogP contribution < -0.4 is 5.32 Å². The highest BCUT2D eigenvalue weighted by atomic mass is 16.5. The second kappa shape index (κ2) is 9.00. The van der Waals surface area contributed by atoms with Crippen LogP contribution in [-0.4, -0.2) is 51.2 Å². The molecule has 8 heteroatoms. The molecule has 1 fully saturated rings. The van der Waals surface area contributed by atoms with Gasteiger partial charge in [0.2, 0.25) is 5.91 Å². The van der Waals surface area contributed by atoms with E-state index in [2.05, 4.69) is 17.3 Å². The lowest BCUT2D eigenvalue weighted by Crippen LogP contribution is -2.64. The molecule has 1 aliphatic heterocycles. The van der Waals surface area contributed by atoms with Crippen molar-refractivity contribution < 1.29 is 19.1 Å². The SMILES string of the molecule is COC(=O)c1cc2n(n1)CC(C)(C(=O)NC1CCC(C)CC1)N(Cc1ccccc1C)C2=O. The van der Waals surface area contributed by atoms with Gasteiger partial charge in [-0.3, -0.25) is 14.3 Å². The van der Waals surface area contributed by atoms with Crippen molar-refractivity contribution in [3.05, 3.63) is 52.8 Å². The summed E-state index contributed by atoms with van der Waals surface area (Å²) in [5.74, 6) is -0.463. The summed E-state index contributed by atoms with van der Waals surface area (Å²) in [5, 5.41) is 7.49. The average molecular weight is 453 g/mol. The number of aryl methyl sites for hydroxylation is 1. The van der Waals surface area contributed by atoms with E-state index in [0.717, 1.165) is 36.8 Å². The molecule has 176 valence electrons. The molecule has 1 atom stereocenters. The second-order valence-corrected chi connectivity index (χ2v) is 9.59. The Labute approximate surface area is 194 Å². The molecule has 8 nitrogen and oxygen atoms in total. The molecule has 1 aliphatic carbocycles. The molecule has 1 N–H and O–H groups in total. The Kier molecular flexibility index (Phi) is 6.28. The molecule has 33 heavy (non-hydrogen) atoms. The van der Waals surface area contributed by atoms with Crippen LogP contribution in [0.1, 0.15) is 71.6 Å². The van der Waals surface area contributed by atoms with Crippen LogP contribution in [0.25, 0.3) is 0 Å². The fourth-order valence-electron chi connectivity index (χ4n) is 4.80. The zero-order valence-corrected chi connectivity index (χ0v) is 19.8. The first-order chi connectivity index (χ1) is 15.7. The van der Waals surface area contributed by atoms with E-state index in [9.17, 15) is 14.4 Å². The lowest BCUT2D eigenvalue weighted by atomic mass is 9.86. The maximum absolute atomic E-state index is 13.7. The van der Waals surface area contributed by atoms with E-state index in [1.807, 2.05) is 31.2 Å². The molecule has 2 aliphatic rings. The minimum atomic E-state index is -1.16. The van der Waals surface area contributed by atoms with E-state index in [4.69, 9.17) is 4.74 Å². The van der Waals surface area contributed by atoms with E-state index >= 15 is 0 Å². The lowest BCUT2D eigenvalue weighted by molar-refractivity contribution is -0.134. The van der Waals surface area contributed by atoms with Crippen LogP contribution >= 0.6 is 0 Å². The van der Waals surface area contributed by atoms with Crippen LogP contribution in [0, 0.1) is 12.8 Å². The number of rotatable bonds is 5. The number of hydrogen-bond acceptors (Lipinski definition) is 5. The molecule has 4 rings (SSSR count). The summed E-state index contributed by atoms with van der Waals surface area (Å²) in [6.45, 7) is 6.46. The third kappa shape index (κ3) is 4.38. The number of carbonyl (C=O) groups excluding carboxylic acids is 3. The number of nitrogens with one attached hydrogen (secondary N) is 1. The molecule has 0 bridgehead atoms. The maximum atomic E-state index is 13.7. The van der Waals surface area contributed by atoms with E-state index in [1.54, 1.807) is 11.8 Å². The van der Waals surface area contributed by atoms with Crippen molar-refractivity contribution in [2.24, 2.45) is 5.92 Å². The van der Waals surface area contributed by atoms with E-state index in [-0.39, 0.29) is 42.3 Å². The molecular formula is C25H32N4O4. The third-order valence-corrected chi connectivity index (χ3v) is 7.12. The minimum absolute atomic E-state index is 0.0580. The van der Waals surface area contributed by atoms with Crippen molar-refractivity contribution in [2.45, 2.75) is 71.1 Å². The Balaban J connectivity index is 1.68. The van der Waals surface area contributed by atoms with Crippen LogP contribution in [-0.2, 0) is 22.6 Å².